The summed E-state index contributed by atoms with van der Waals surface area (Å²) in [6.07, 6.45) is 2.15. The molecule has 2 aromatic carbocycles. The third kappa shape index (κ3) is 3.35. The van der Waals surface area contributed by atoms with Gasteiger partial charge in [0.05, 0.1) is 14.2 Å². The molecule has 7 nitrogen and oxygen atoms in total. The quantitative estimate of drug-likeness (QED) is 0.642. The summed E-state index contributed by atoms with van der Waals surface area (Å²) >= 11 is 6.03. The molecule has 3 aromatic rings. The van der Waals surface area contributed by atoms with Gasteiger partial charge in [0.1, 0.15) is 6.04 Å². The highest BCUT2D eigenvalue weighted by atomic mass is 35.5. The first-order valence-corrected chi connectivity index (χ1v) is 10.4. The molecule has 1 atom stereocenters. The molecule has 1 aliphatic heterocycles. The van der Waals surface area contributed by atoms with Gasteiger partial charge < -0.3 is 14.8 Å². The van der Waals surface area contributed by atoms with Crippen LogP contribution in [0.1, 0.15) is 30.9 Å². The van der Waals surface area contributed by atoms with E-state index in [9.17, 15) is 4.79 Å². The molecular formula is C23H21ClN4O3. The largest absolute Gasteiger partial charge is 0.493 e. The molecule has 0 spiro atoms. The van der Waals surface area contributed by atoms with Crippen LogP contribution in [-0.4, -0.2) is 34.8 Å². The molecule has 0 amide bonds. The van der Waals surface area contributed by atoms with Crippen LogP contribution >= 0.6 is 11.6 Å². The van der Waals surface area contributed by atoms with Crippen LogP contribution in [0.15, 0.2) is 53.7 Å². The molecule has 1 aromatic heterocycles. The standard InChI is InChI=1S/C23H21ClN4O3/c1-30-18-11-8-14(12-19(18)31-2)21-20-16(4-3-5-17(20)29)25-23-26-22(27-28(21)23)13-6-9-15(24)10-7-13/h6-12,21H,3-5H2,1-2H3,(H,25,26,27). The fraction of sp³-hybridized carbons (Fsp3) is 0.261. The van der Waals surface area contributed by atoms with E-state index in [1.54, 1.807) is 18.9 Å². The van der Waals surface area contributed by atoms with Crippen LogP contribution in [0, 0.1) is 0 Å². The minimum Gasteiger partial charge on any atom is -0.493 e. The molecule has 0 fully saturated rings. The molecule has 1 aliphatic carbocycles. The average Bonchev–Trinajstić information content (AvgIpc) is 3.21. The van der Waals surface area contributed by atoms with E-state index in [1.807, 2.05) is 42.5 Å². The number of ketones is 1. The normalized spacial score (nSPS) is 17.6. The number of allylic oxidation sites excluding steroid dienone is 2. The summed E-state index contributed by atoms with van der Waals surface area (Å²) in [7, 11) is 3.20. The summed E-state index contributed by atoms with van der Waals surface area (Å²) in [5, 5.41) is 8.77. The van der Waals surface area contributed by atoms with Crippen molar-refractivity contribution in [2.24, 2.45) is 0 Å². The Kier molecular flexibility index (Phi) is 4.90. The van der Waals surface area contributed by atoms with Crippen molar-refractivity contribution in [2.75, 3.05) is 19.5 Å². The number of Topliss-reactive ketones (excluding diaryl/α,β-unsaturated/α-hetero) is 1. The Morgan fingerprint density at radius 1 is 1.06 bits per heavy atom. The second kappa shape index (κ2) is 7.74. The number of benzene rings is 2. The average molecular weight is 437 g/mol. The maximum atomic E-state index is 13.0. The molecule has 8 heteroatoms. The van der Waals surface area contributed by atoms with Crippen LogP contribution < -0.4 is 14.8 Å². The number of anilines is 1. The zero-order chi connectivity index (χ0) is 21.5. The van der Waals surface area contributed by atoms with Crippen molar-refractivity contribution < 1.29 is 14.3 Å². The zero-order valence-corrected chi connectivity index (χ0v) is 17.9. The van der Waals surface area contributed by atoms with E-state index in [0.717, 1.165) is 35.2 Å². The van der Waals surface area contributed by atoms with Crippen molar-refractivity contribution >= 4 is 23.3 Å². The molecule has 1 N–H and O–H groups in total. The van der Waals surface area contributed by atoms with Crippen molar-refractivity contribution in [3.05, 3.63) is 64.3 Å². The molecule has 31 heavy (non-hydrogen) atoms. The van der Waals surface area contributed by atoms with E-state index in [-0.39, 0.29) is 5.78 Å². The van der Waals surface area contributed by atoms with E-state index < -0.39 is 6.04 Å². The number of nitrogens with one attached hydrogen (secondary N) is 1. The lowest BCUT2D eigenvalue weighted by atomic mass is 9.85. The smallest absolute Gasteiger partial charge is 0.226 e. The summed E-state index contributed by atoms with van der Waals surface area (Å²) in [6.45, 7) is 0. The maximum absolute atomic E-state index is 13.0. The fourth-order valence-electron chi connectivity index (χ4n) is 4.21. The summed E-state index contributed by atoms with van der Waals surface area (Å²) < 4.78 is 12.7. The molecular weight excluding hydrogens is 416 g/mol. The van der Waals surface area contributed by atoms with Gasteiger partial charge in [-0.3, -0.25) is 4.79 Å². The number of fused-ring (bicyclic) bond motifs is 1. The lowest BCUT2D eigenvalue weighted by Gasteiger charge is -2.32. The number of carbonyl (C=O) groups is 1. The van der Waals surface area contributed by atoms with Gasteiger partial charge in [-0.05, 0) is 54.8 Å². The summed E-state index contributed by atoms with van der Waals surface area (Å²) in [6, 6.07) is 12.7. The third-order valence-corrected chi connectivity index (χ3v) is 5.95. The van der Waals surface area contributed by atoms with Gasteiger partial charge in [0.2, 0.25) is 5.95 Å². The number of hydrogen-bond donors (Lipinski definition) is 1. The first-order chi connectivity index (χ1) is 15.1. The molecule has 2 aliphatic rings. The SMILES string of the molecule is COc1ccc(C2C3=C(CCCC3=O)Nc3nc(-c4ccc(Cl)cc4)nn32)cc1OC. The zero-order valence-electron chi connectivity index (χ0n) is 17.2. The number of aromatic nitrogens is 3. The molecule has 5 rings (SSSR count). The number of halogens is 1. The third-order valence-electron chi connectivity index (χ3n) is 5.69. The van der Waals surface area contributed by atoms with E-state index in [4.69, 9.17) is 31.2 Å². The van der Waals surface area contributed by atoms with Gasteiger partial charge >= 0.3 is 0 Å². The second-order valence-electron chi connectivity index (χ2n) is 7.52. The van der Waals surface area contributed by atoms with Crippen molar-refractivity contribution in [1.82, 2.24) is 14.8 Å². The molecule has 1 unspecified atom stereocenters. The second-order valence-corrected chi connectivity index (χ2v) is 7.96. The van der Waals surface area contributed by atoms with E-state index in [2.05, 4.69) is 5.32 Å². The van der Waals surface area contributed by atoms with Crippen LogP contribution in [0.25, 0.3) is 11.4 Å². The monoisotopic (exact) mass is 436 g/mol. The van der Waals surface area contributed by atoms with Crippen LogP contribution in [-0.2, 0) is 4.79 Å². The van der Waals surface area contributed by atoms with Gasteiger partial charge in [-0.1, -0.05) is 17.7 Å². The van der Waals surface area contributed by atoms with Gasteiger partial charge in [0, 0.05) is 28.3 Å². The molecule has 0 saturated heterocycles. The van der Waals surface area contributed by atoms with Crippen molar-refractivity contribution in [3.8, 4) is 22.9 Å². The predicted molar refractivity (Wildman–Crippen MR) is 118 cm³/mol. The summed E-state index contributed by atoms with van der Waals surface area (Å²) in [5.74, 6) is 2.53. The van der Waals surface area contributed by atoms with Gasteiger partial charge in [-0.25, -0.2) is 4.68 Å². The predicted octanol–water partition coefficient (Wildman–Crippen LogP) is 4.64. The number of hydrogen-bond acceptors (Lipinski definition) is 6. The van der Waals surface area contributed by atoms with Gasteiger partial charge in [0.15, 0.2) is 23.1 Å². The van der Waals surface area contributed by atoms with Crippen LogP contribution in [0.5, 0.6) is 11.5 Å². The molecule has 0 bridgehead atoms. The summed E-state index contributed by atoms with van der Waals surface area (Å²) in [5.41, 5.74) is 3.39. The number of nitrogens with zero attached hydrogens (tertiary/aromatic N) is 3. The first-order valence-electron chi connectivity index (χ1n) is 10.1. The lowest BCUT2D eigenvalue weighted by Crippen LogP contribution is -2.31. The number of methoxy groups -OCH3 is 2. The number of ether oxygens (including phenoxy) is 2. The Hall–Kier alpha value is -3.32. The Labute approximate surface area is 184 Å². The molecule has 0 saturated carbocycles. The maximum Gasteiger partial charge on any atom is 0.226 e. The Balaban J connectivity index is 1.67. The van der Waals surface area contributed by atoms with Crippen LogP contribution in [0.2, 0.25) is 5.02 Å². The topological polar surface area (TPSA) is 78.3 Å². The van der Waals surface area contributed by atoms with Gasteiger partial charge in [-0.15, -0.1) is 5.10 Å². The van der Waals surface area contributed by atoms with E-state index >= 15 is 0 Å². The highest BCUT2D eigenvalue weighted by molar-refractivity contribution is 6.30. The molecule has 2 heterocycles. The Bertz CT molecular complexity index is 1200. The van der Waals surface area contributed by atoms with Crippen LogP contribution in [0.3, 0.4) is 0 Å². The highest BCUT2D eigenvalue weighted by Crippen LogP contribution is 2.42. The van der Waals surface area contributed by atoms with Crippen molar-refractivity contribution in [1.29, 1.82) is 0 Å². The fourth-order valence-corrected chi connectivity index (χ4v) is 4.33. The van der Waals surface area contributed by atoms with Crippen molar-refractivity contribution in [2.45, 2.75) is 25.3 Å². The van der Waals surface area contributed by atoms with Gasteiger partial charge in [-0.2, -0.15) is 4.98 Å². The molecule has 158 valence electrons. The van der Waals surface area contributed by atoms with E-state index in [1.165, 1.54) is 0 Å². The minimum atomic E-state index is -0.396. The van der Waals surface area contributed by atoms with E-state index in [0.29, 0.717) is 34.7 Å². The first kappa shape index (κ1) is 19.6. The Morgan fingerprint density at radius 2 is 1.84 bits per heavy atom. The Morgan fingerprint density at radius 3 is 2.58 bits per heavy atom. The van der Waals surface area contributed by atoms with Crippen LogP contribution in [0.4, 0.5) is 5.95 Å². The number of rotatable bonds is 4. The summed E-state index contributed by atoms with van der Waals surface area (Å²) in [4.78, 5) is 17.7. The lowest BCUT2D eigenvalue weighted by molar-refractivity contribution is -0.116. The van der Waals surface area contributed by atoms with Crippen molar-refractivity contribution in [3.63, 3.8) is 0 Å². The van der Waals surface area contributed by atoms with Gasteiger partial charge in [0.25, 0.3) is 0 Å². The molecule has 0 radical (unpaired) electrons. The minimum absolute atomic E-state index is 0.128. The number of carbonyl (C=O) groups excluding carboxylic acids is 1. The highest BCUT2D eigenvalue weighted by Gasteiger charge is 2.37.